The van der Waals surface area contributed by atoms with E-state index < -0.39 is 0 Å². The van der Waals surface area contributed by atoms with Crippen molar-refractivity contribution in [1.82, 2.24) is 9.38 Å². The Kier molecular flexibility index (Phi) is 2.83. The monoisotopic (exact) mass is 254 g/mol. The molecule has 0 fully saturated rings. The second kappa shape index (κ2) is 4.65. The summed E-state index contributed by atoms with van der Waals surface area (Å²) in [5.74, 6) is 1.61. The molecular formula is C15H14N2O2. The molecule has 4 nitrogen and oxygen atoms in total. The van der Waals surface area contributed by atoms with Gasteiger partial charge >= 0.3 is 0 Å². The minimum atomic E-state index is 0.796. The molecule has 0 saturated heterocycles. The Morgan fingerprint density at radius 2 is 1.89 bits per heavy atom. The third-order valence-electron chi connectivity index (χ3n) is 3.05. The van der Waals surface area contributed by atoms with E-state index in [0.29, 0.717) is 0 Å². The summed E-state index contributed by atoms with van der Waals surface area (Å²) < 4.78 is 12.5. The van der Waals surface area contributed by atoms with Crippen molar-refractivity contribution >= 4 is 5.65 Å². The van der Waals surface area contributed by atoms with Gasteiger partial charge in [-0.2, -0.15) is 0 Å². The maximum Gasteiger partial charge on any atom is 0.141 e. The fourth-order valence-corrected chi connectivity index (χ4v) is 2.08. The molecule has 3 rings (SSSR count). The number of ether oxygens (including phenoxy) is 2. The Bertz CT molecular complexity index is 719. The summed E-state index contributed by atoms with van der Waals surface area (Å²) in [5.41, 5.74) is 2.71. The van der Waals surface area contributed by atoms with E-state index in [1.807, 2.05) is 53.2 Å². The topological polar surface area (TPSA) is 35.8 Å². The predicted octanol–water partition coefficient (Wildman–Crippen LogP) is 3.02. The maximum atomic E-state index is 5.37. The highest BCUT2D eigenvalue weighted by Gasteiger charge is 2.09. The van der Waals surface area contributed by atoms with Crippen molar-refractivity contribution in [1.29, 1.82) is 0 Å². The zero-order chi connectivity index (χ0) is 13.2. The van der Waals surface area contributed by atoms with Gasteiger partial charge in [0.15, 0.2) is 0 Å². The van der Waals surface area contributed by atoms with Crippen LogP contribution in [0.3, 0.4) is 0 Å². The van der Waals surface area contributed by atoms with Crippen LogP contribution in [0.25, 0.3) is 16.9 Å². The van der Waals surface area contributed by atoms with Gasteiger partial charge in [0.1, 0.15) is 17.1 Å². The van der Waals surface area contributed by atoms with Crippen molar-refractivity contribution in [2.45, 2.75) is 0 Å². The van der Waals surface area contributed by atoms with Crippen LogP contribution in [0.5, 0.6) is 11.5 Å². The van der Waals surface area contributed by atoms with Crippen molar-refractivity contribution < 1.29 is 9.47 Å². The summed E-state index contributed by atoms with van der Waals surface area (Å²) in [7, 11) is 3.31. The number of benzene rings is 1. The molecule has 96 valence electrons. The quantitative estimate of drug-likeness (QED) is 0.720. The van der Waals surface area contributed by atoms with Crippen LogP contribution in [-0.2, 0) is 0 Å². The molecule has 19 heavy (non-hydrogen) atoms. The van der Waals surface area contributed by atoms with Gasteiger partial charge in [0.25, 0.3) is 0 Å². The molecule has 2 heterocycles. The van der Waals surface area contributed by atoms with Crippen LogP contribution < -0.4 is 9.47 Å². The molecular weight excluding hydrogens is 240 g/mol. The van der Waals surface area contributed by atoms with Crippen LogP contribution in [0.15, 0.2) is 48.8 Å². The zero-order valence-electron chi connectivity index (χ0n) is 10.8. The number of nitrogens with zero attached hydrogens (tertiary/aromatic N) is 2. The molecule has 0 radical (unpaired) electrons. The summed E-state index contributed by atoms with van der Waals surface area (Å²) in [5, 5.41) is 0. The lowest BCUT2D eigenvalue weighted by Crippen LogP contribution is -1.86. The standard InChI is InChI=1S/C15H14N2O2/c1-18-11-7-8-17-10-13(16-15(17)9-11)12-5-3-4-6-14(12)19-2/h3-10H,1-2H3. The molecule has 0 amide bonds. The number of fused-ring (bicyclic) bond motifs is 1. The molecule has 0 atom stereocenters. The molecule has 1 aromatic carbocycles. The molecule has 4 heteroatoms. The summed E-state index contributed by atoms with van der Waals surface area (Å²) in [6.45, 7) is 0. The van der Waals surface area contributed by atoms with Gasteiger partial charge in [-0.1, -0.05) is 12.1 Å². The average molecular weight is 254 g/mol. The maximum absolute atomic E-state index is 5.37. The largest absolute Gasteiger partial charge is 0.497 e. The average Bonchev–Trinajstić information content (AvgIpc) is 2.89. The number of hydrogen-bond acceptors (Lipinski definition) is 3. The number of pyridine rings is 1. The summed E-state index contributed by atoms with van der Waals surface area (Å²) in [4.78, 5) is 4.60. The number of methoxy groups -OCH3 is 2. The van der Waals surface area contributed by atoms with E-state index in [1.54, 1.807) is 14.2 Å². The van der Waals surface area contributed by atoms with E-state index in [2.05, 4.69) is 4.98 Å². The van der Waals surface area contributed by atoms with E-state index in [4.69, 9.17) is 9.47 Å². The SMILES string of the molecule is COc1ccn2cc(-c3ccccc3OC)nc2c1. The number of imidazole rings is 1. The van der Waals surface area contributed by atoms with Gasteiger partial charge < -0.3 is 13.9 Å². The molecule has 0 bridgehead atoms. The lowest BCUT2D eigenvalue weighted by molar-refractivity contribution is 0.414. The van der Waals surface area contributed by atoms with Gasteiger partial charge in [0.2, 0.25) is 0 Å². The van der Waals surface area contributed by atoms with E-state index in [9.17, 15) is 0 Å². The van der Waals surface area contributed by atoms with E-state index in [1.165, 1.54) is 0 Å². The number of para-hydroxylation sites is 1. The van der Waals surface area contributed by atoms with Crippen molar-refractivity contribution in [3.63, 3.8) is 0 Å². The minimum Gasteiger partial charge on any atom is -0.497 e. The van der Waals surface area contributed by atoms with E-state index >= 15 is 0 Å². The lowest BCUT2D eigenvalue weighted by Gasteiger charge is -2.04. The predicted molar refractivity (Wildman–Crippen MR) is 73.7 cm³/mol. The third kappa shape index (κ3) is 2.01. The highest BCUT2D eigenvalue weighted by atomic mass is 16.5. The molecule has 3 aromatic rings. The first-order valence-electron chi connectivity index (χ1n) is 5.98. The van der Waals surface area contributed by atoms with Crippen molar-refractivity contribution in [3.05, 3.63) is 48.8 Å². The van der Waals surface area contributed by atoms with Gasteiger partial charge in [0, 0.05) is 24.0 Å². The summed E-state index contributed by atoms with van der Waals surface area (Å²) in [6.07, 6.45) is 3.91. The molecule has 0 aliphatic rings. The first kappa shape index (κ1) is 11.6. The Balaban J connectivity index is 2.15. The highest BCUT2D eigenvalue weighted by Crippen LogP contribution is 2.29. The van der Waals surface area contributed by atoms with Crippen LogP contribution in [0.1, 0.15) is 0 Å². The smallest absolute Gasteiger partial charge is 0.141 e. The minimum absolute atomic E-state index is 0.796. The summed E-state index contributed by atoms with van der Waals surface area (Å²) in [6, 6.07) is 11.7. The second-order valence-corrected chi connectivity index (χ2v) is 4.16. The Hall–Kier alpha value is -2.49. The van der Waals surface area contributed by atoms with E-state index in [0.717, 1.165) is 28.4 Å². The first-order valence-corrected chi connectivity index (χ1v) is 5.98. The van der Waals surface area contributed by atoms with Crippen molar-refractivity contribution in [2.75, 3.05) is 14.2 Å². The normalized spacial score (nSPS) is 10.6. The Morgan fingerprint density at radius 3 is 2.68 bits per heavy atom. The van der Waals surface area contributed by atoms with Crippen LogP contribution >= 0.6 is 0 Å². The molecule has 0 aliphatic heterocycles. The number of aromatic nitrogens is 2. The van der Waals surface area contributed by atoms with Gasteiger partial charge in [0.05, 0.1) is 19.9 Å². The fraction of sp³-hybridized carbons (Fsp3) is 0.133. The van der Waals surface area contributed by atoms with E-state index in [-0.39, 0.29) is 0 Å². The van der Waals surface area contributed by atoms with Crippen LogP contribution in [0, 0.1) is 0 Å². The van der Waals surface area contributed by atoms with Crippen LogP contribution in [0.2, 0.25) is 0 Å². The number of hydrogen-bond donors (Lipinski definition) is 0. The second-order valence-electron chi connectivity index (χ2n) is 4.16. The van der Waals surface area contributed by atoms with Crippen LogP contribution in [0.4, 0.5) is 0 Å². The lowest BCUT2D eigenvalue weighted by atomic mass is 10.1. The Morgan fingerprint density at radius 1 is 1.05 bits per heavy atom. The zero-order valence-corrected chi connectivity index (χ0v) is 10.8. The summed E-state index contributed by atoms with van der Waals surface area (Å²) >= 11 is 0. The fourth-order valence-electron chi connectivity index (χ4n) is 2.08. The van der Waals surface area contributed by atoms with Gasteiger partial charge in [-0.3, -0.25) is 0 Å². The van der Waals surface area contributed by atoms with Gasteiger partial charge in [-0.05, 0) is 18.2 Å². The third-order valence-corrected chi connectivity index (χ3v) is 3.05. The molecule has 0 unspecified atom stereocenters. The molecule has 0 N–H and O–H groups in total. The van der Waals surface area contributed by atoms with Gasteiger partial charge in [-0.25, -0.2) is 4.98 Å². The first-order chi connectivity index (χ1) is 9.31. The molecule has 0 spiro atoms. The number of rotatable bonds is 3. The highest BCUT2D eigenvalue weighted by molar-refractivity contribution is 5.69. The van der Waals surface area contributed by atoms with Crippen LogP contribution in [-0.4, -0.2) is 23.6 Å². The molecule has 0 aliphatic carbocycles. The van der Waals surface area contributed by atoms with Crippen molar-refractivity contribution in [2.24, 2.45) is 0 Å². The molecule has 0 saturated carbocycles. The van der Waals surface area contributed by atoms with Gasteiger partial charge in [-0.15, -0.1) is 0 Å². The van der Waals surface area contributed by atoms with Crippen molar-refractivity contribution in [3.8, 4) is 22.8 Å². The molecule has 2 aromatic heterocycles. The Labute approximate surface area is 111 Å².